The van der Waals surface area contributed by atoms with Crippen LogP contribution >= 0.6 is 0 Å². The second-order valence-corrected chi connectivity index (χ2v) is 9.44. The normalized spacial score (nSPS) is 28.3. The molecule has 0 radical (unpaired) electrons. The van der Waals surface area contributed by atoms with Crippen LogP contribution in [0.15, 0.2) is 18.7 Å². The summed E-state index contributed by atoms with van der Waals surface area (Å²) in [6.45, 7) is 9.28. The van der Waals surface area contributed by atoms with E-state index in [1.54, 1.807) is 6.20 Å². The van der Waals surface area contributed by atoms with Crippen LogP contribution in [0, 0.1) is 5.92 Å². The molecule has 0 bridgehead atoms. The van der Waals surface area contributed by atoms with Gasteiger partial charge >= 0.3 is 0 Å². The molecule has 130 valence electrons. The number of piperazine rings is 1. The summed E-state index contributed by atoms with van der Waals surface area (Å²) in [5, 5.41) is 0. The SMILES string of the molecule is CC(C)CN1CCN(CCCn2ccnc2)[C@@H]2CS(=O)(=O)C[C@@H]21. The molecule has 0 N–H and O–H groups in total. The Balaban J connectivity index is 1.61. The lowest BCUT2D eigenvalue weighted by molar-refractivity contribution is 0.0373. The molecular weight excluding hydrogens is 312 g/mol. The molecule has 0 spiro atoms. The van der Waals surface area contributed by atoms with Gasteiger partial charge in [-0.15, -0.1) is 0 Å². The first-order valence-corrected chi connectivity index (χ1v) is 10.4. The van der Waals surface area contributed by atoms with Crippen molar-refractivity contribution in [1.29, 1.82) is 0 Å². The number of imidazole rings is 1. The third-order valence-corrected chi connectivity index (χ3v) is 6.63. The lowest BCUT2D eigenvalue weighted by Gasteiger charge is -2.44. The van der Waals surface area contributed by atoms with Gasteiger partial charge < -0.3 is 4.57 Å². The Labute approximate surface area is 139 Å². The monoisotopic (exact) mass is 340 g/mol. The Morgan fingerprint density at radius 3 is 2.48 bits per heavy atom. The maximum Gasteiger partial charge on any atom is 0.153 e. The average Bonchev–Trinajstić information content (AvgIpc) is 3.07. The van der Waals surface area contributed by atoms with E-state index in [0.29, 0.717) is 17.4 Å². The molecule has 6 nitrogen and oxygen atoms in total. The van der Waals surface area contributed by atoms with Crippen LogP contribution in [0.5, 0.6) is 0 Å². The van der Waals surface area contributed by atoms with E-state index in [2.05, 4.69) is 33.2 Å². The van der Waals surface area contributed by atoms with Crippen LogP contribution < -0.4 is 0 Å². The van der Waals surface area contributed by atoms with Crippen molar-refractivity contribution in [3.63, 3.8) is 0 Å². The summed E-state index contributed by atoms with van der Waals surface area (Å²) in [5.74, 6) is 1.24. The number of hydrogen-bond acceptors (Lipinski definition) is 5. The molecule has 1 aromatic rings. The maximum atomic E-state index is 12.2. The fraction of sp³-hybridized carbons (Fsp3) is 0.812. The standard InChI is InChI=1S/C16H28N4O2S/c1-14(2)10-20-9-8-19(6-3-5-18-7-4-17-13-18)15-11-23(21,22)12-16(15)20/h4,7,13-16H,3,5-6,8-12H2,1-2H3/t15-,16+/m1/s1. The molecule has 3 heterocycles. The van der Waals surface area contributed by atoms with E-state index < -0.39 is 9.84 Å². The van der Waals surface area contributed by atoms with Crippen LogP contribution in [0.2, 0.25) is 0 Å². The van der Waals surface area contributed by atoms with Crippen LogP contribution in [-0.2, 0) is 16.4 Å². The lowest BCUT2D eigenvalue weighted by atomic mass is 10.0. The molecule has 7 heteroatoms. The minimum Gasteiger partial charge on any atom is -0.337 e. The number of rotatable bonds is 6. The summed E-state index contributed by atoms with van der Waals surface area (Å²) < 4.78 is 26.4. The van der Waals surface area contributed by atoms with Crippen LogP contribution in [0.1, 0.15) is 20.3 Å². The molecule has 0 unspecified atom stereocenters. The van der Waals surface area contributed by atoms with Gasteiger partial charge in [-0.3, -0.25) is 9.80 Å². The molecule has 2 fully saturated rings. The minimum atomic E-state index is -2.90. The van der Waals surface area contributed by atoms with Crippen molar-refractivity contribution < 1.29 is 8.42 Å². The summed E-state index contributed by atoms with van der Waals surface area (Å²) in [7, 11) is -2.90. The number of sulfone groups is 1. The Kier molecular flexibility index (Phi) is 5.08. The molecule has 3 rings (SSSR count). The van der Waals surface area contributed by atoms with Gasteiger partial charge in [0.25, 0.3) is 0 Å². The first-order valence-electron chi connectivity index (χ1n) is 8.59. The van der Waals surface area contributed by atoms with E-state index in [1.165, 1.54) is 0 Å². The number of nitrogens with zero attached hydrogens (tertiary/aromatic N) is 4. The third kappa shape index (κ3) is 4.14. The number of aryl methyl sites for hydroxylation is 1. The first-order chi connectivity index (χ1) is 10.9. The van der Waals surface area contributed by atoms with Crippen LogP contribution in [-0.4, -0.2) is 77.5 Å². The minimum absolute atomic E-state index is 0.176. The Morgan fingerprint density at radius 1 is 1.13 bits per heavy atom. The van der Waals surface area contributed by atoms with Gasteiger partial charge in [0.05, 0.1) is 17.8 Å². The lowest BCUT2D eigenvalue weighted by Crippen LogP contribution is -2.59. The highest BCUT2D eigenvalue weighted by atomic mass is 32.2. The molecular formula is C16H28N4O2S. The highest BCUT2D eigenvalue weighted by Gasteiger charge is 2.46. The summed E-state index contributed by atoms with van der Waals surface area (Å²) in [6.07, 6.45) is 6.64. The summed E-state index contributed by atoms with van der Waals surface area (Å²) >= 11 is 0. The van der Waals surface area contributed by atoms with Gasteiger partial charge in [0.2, 0.25) is 0 Å². The Morgan fingerprint density at radius 2 is 1.83 bits per heavy atom. The molecule has 0 aliphatic carbocycles. The summed E-state index contributed by atoms with van der Waals surface area (Å²) in [5.41, 5.74) is 0. The highest BCUT2D eigenvalue weighted by molar-refractivity contribution is 7.91. The van der Waals surface area contributed by atoms with E-state index in [9.17, 15) is 8.42 Å². The van der Waals surface area contributed by atoms with Crippen molar-refractivity contribution in [3.05, 3.63) is 18.7 Å². The van der Waals surface area contributed by atoms with Gasteiger partial charge in [-0.1, -0.05) is 13.8 Å². The second kappa shape index (κ2) is 6.91. The van der Waals surface area contributed by atoms with Gasteiger partial charge in [-0.05, 0) is 12.3 Å². The van der Waals surface area contributed by atoms with Crippen LogP contribution in [0.25, 0.3) is 0 Å². The fourth-order valence-electron chi connectivity index (χ4n) is 3.95. The van der Waals surface area contributed by atoms with Crippen molar-refractivity contribution in [2.24, 2.45) is 5.92 Å². The fourth-order valence-corrected chi connectivity index (χ4v) is 5.99. The zero-order chi connectivity index (χ0) is 16.4. The predicted octanol–water partition coefficient (Wildman–Crippen LogP) is 0.712. The van der Waals surface area contributed by atoms with Crippen molar-refractivity contribution in [3.8, 4) is 0 Å². The Hall–Kier alpha value is -0.920. The molecule has 23 heavy (non-hydrogen) atoms. The molecule has 2 saturated heterocycles. The zero-order valence-corrected chi connectivity index (χ0v) is 15.0. The van der Waals surface area contributed by atoms with E-state index in [1.807, 2.05) is 12.5 Å². The summed E-state index contributed by atoms with van der Waals surface area (Å²) in [6, 6.07) is 0.361. The highest BCUT2D eigenvalue weighted by Crippen LogP contribution is 2.27. The van der Waals surface area contributed by atoms with E-state index >= 15 is 0 Å². The summed E-state index contributed by atoms with van der Waals surface area (Å²) in [4.78, 5) is 8.88. The maximum absolute atomic E-state index is 12.2. The molecule has 1 aromatic heterocycles. The largest absolute Gasteiger partial charge is 0.337 e. The predicted molar refractivity (Wildman–Crippen MR) is 91.1 cm³/mol. The first kappa shape index (κ1) is 16.9. The quantitative estimate of drug-likeness (QED) is 0.763. The number of hydrogen-bond donors (Lipinski definition) is 0. The average molecular weight is 340 g/mol. The van der Waals surface area contributed by atoms with Crippen molar-refractivity contribution in [1.82, 2.24) is 19.4 Å². The van der Waals surface area contributed by atoms with Crippen LogP contribution in [0.4, 0.5) is 0 Å². The molecule has 0 saturated carbocycles. The van der Waals surface area contributed by atoms with Gasteiger partial charge in [0, 0.05) is 57.2 Å². The Bertz CT molecular complexity index is 600. The number of aromatic nitrogens is 2. The van der Waals surface area contributed by atoms with Crippen molar-refractivity contribution in [2.75, 3.05) is 37.7 Å². The molecule has 2 atom stereocenters. The van der Waals surface area contributed by atoms with Gasteiger partial charge in [-0.2, -0.15) is 0 Å². The van der Waals surface area contributed by atoms with Crippen molar-refractivity contribution >= 4 is 9.84 Å². The van der Waals surface area contributed by atoms with E-state index in [0.717, 1.165) is 39.1 Å². The molecule has 2 aliphatic rings. The smallest absolute Gasteiger partial charge is 0.153 e. The number of fused-ring (bicyclic) bond motifs is 1. The topological polar surface area (TPSA) is 58.4 Å². The van der Waals surface area contributed by atoms with E-state index in [-0.39, 0.29) is 12.1 Å². The second-order valence-electron chi connectivity index (χ2n) is 7.29. The molecule has 2 aliphatic heterocycles. The third-order valence-electron chi connectivity index (χ3n) is 4.93. The molecule has 0 amide bonds. The van der Waals surface area contributed by atoms with Crippen LogP contribution in [0.3, 0.4) is 0 Å². The van der Waals surface area contributed by atoms with Gasteiger partial charge in [-0.25, -0.2) is 13.4 Å². The molecule has 0 aromatic carbocycles. The van der Waals surface area contributed by atoms with E-state index in [4.69, 9.17) is 0 Å². The van der Waals surface area contributed by atoms with Crippen molar-refractivity contribution in [2.45, 2.75) is 38.9 Å². The van der Waals surface area contributed by atoms with Gasteiger partial charge in [0.1, 0.15) is 0 Å². The zero-order valence-electron chi connectivity index (χ0n) is 14.1. The van der Waals surface area contributed by atoms with Gasteiger partial charge in [0.15, 0.2) is 9.84 Å².